The van der Waals surface area contributed by atoms with Crippen LogP contribution in [-0.4, -0.2) is 101 Å². The molecule has 0 radical (unpaired) electrons. The van der Waals surface area contributed by atoms with Crippen LogP contribution in [0.3, 0.4) is 0 Å². The van der Waals surface area contributed by atoms with E-state index in [2.05, 4.69) is 16.6 Å². The van der Waals surface area contributed by atoms with Crippen LogP contribution in [0.5, 0.6) is 0 Å². The van der Waals surface area contributed by atoms with Crippen LogP contribution < -0.4 is 10.6 Å². The smallest absolute Gasteiger partial charge is 0.260 e. The third kappa shape index (κ3) is 14.0. The van der Waals surface area contributed by atoms with Crippen LogP contribution in [0.4, 0.5) is 8.78 Å². The lowest BCUT2D eigenvalue weighted by Gasteiger charge is -2.34. The molecule has 1 aromatic rings. The molecule has 4 N–H and O–H groups in total. The minimum Gasteiger partial charge on any atom is -0.390 e. The summed E-state index contributed by atoms with van der Waals surface area (Å²) >= 11 is 0. The highest BCUT2D eigenvalue weighted by atomic mass is 19.3. The third-order valence-electron chi connectivity index (χ3n) is 9.88. The number of carbonyl (C=O) groups is 3. The summed E-state index contributed by atoms with van der Waals surface area (Å²) in [6, 6.07) is 7.40. The van der Waals surface area contributed by atoms with E-state index in [1.54, 1.807) is 11.9 Å². The Bertz CT molecular complexity index is 1220. The van der Waals surface area contributed by atoms with Gasteiger partial charge in [-0.15, -0.1) is 12.3 Å². The Balaban J connectivity index is 1.71. The van der Waals surface area contributed by atoms with E-state index in [0.29, 0.717) is 38.3 Å². The molecule has 1 unspecified atom stereocenters. The van der Waals surface area contributed by atoms with E-state index in [-0.39, 0.29) is 50.6 Å². The molecule has 2 aliphatic rings. The van der Waals surface area contributed by atoms with Gasteiger partial charge in [-0.05, 0) is 49.6 Å². The van der Waals surface area contributed by atoms with Crippen LogP contribution in [0, 0.1) is 30.1 Å². The number of piperidine rings is 1. The van der Waals surface area contributed by atoms with Gasteiger partial charge in [-0.2, -0.15) is 0 Å². The largest absolute Gasteiger partial charge is 0.390 e. The van der Waals surface area contributed by atoms with Gasteiger partial charge in [0.25, 0.3) is 5.92 Å². The second-order valence-corrected chi connectivity index (χ2v) is 14.7. The number of hydrogen-bond donors (Lipinski definition) is 4. The van der Waals surface area contributed by atoms with Crippen molar-refractivity contribution in [2.24, 2.45) is 17.8 Å². The number of amides is 3. The number of halogens is 2. The maximum absolute atomic E-state index is 13.9. The fraction of sp³-hybridized carbons (Fsp3) is 0.711. The lowest BCUT2D eigenvalue weighted by Crippen LogP contribution is -2.56. The number of likely N-dealkylation sites (tertiary alicyclic amines) is 1. The molecule has 3 rings (SSSR count). The number of alkyl halides is 2. The second-order valence-electron chi connectivity index (χ2n) is 14.7. The Morgan fingerprint density at radius 1 is 1.06 bits per heavy atom. The first kappa shape index (κ1) is 40.4. The topological polar surface area (TPSA) is 122 Å². The number of nitrogens with one attached hydrogen (secondary N) is 2. The maximum atomic E-state index is 13.9. The van der Waals surface area contributed by atoms with Gasteiger partial charge in [0, 0.05) is 39.4 Å². The van der Waals surface area contributed by atoms with Crippen LogP contribution in [0.25, 0.3) is 0 Å². The molecule has 1 saturated heterocycles. The van der Waals surface area contributed by atoms with E-state index in [0.717, 1.165) is 37.7 Å². The summed E-state index contributed by atoms with van der Waals surface area (Å²) in [6.07, 6.45) is 9.82. The monoisotopic (exact) mass is 688 g/mol. The minimum atomic E-state index is -2.73. The molecular weight excluding hydrogens is 630 g/mol. The summed E-state index contributed by atoms with van der Waals surface area (Å²) in [5.41, 5.74) is 0.835. The molecule has 1 aliphatic heterocycles. The number of rotatable bonds is 18. The molecule has 9 nitrogen and oxygen atoms in total. The number of aliphatic hydroxyl groups is 2. The number of terminal acetylenes is 1. The van der Waals surface area contributed by atoms with Crippen molar-refractivity contribution in [3.63, 3.8) is 0 Å². The number of aliphatic hydroxyl groups excluding tert-OH is 2. The molecular formula is C38H58F2N4O5. The Labute approximate surface area is 291 Å². The highest BCUT2D eigenvalue weighted by Gasteiger charge is 2.36. The van der Waals surface area contributed by atoms with Gasteiger partial charge in [0.05, 0.1) is 24.6 Å². The standard InChI is InChI=1S/C38H58F2N4O5/c1-5-13-31(37(49)42-32(24-29-16-10-7-11-17-29)35(47)33(45)22-27(2)3)41-36(48)30(23-28-14-8-6-9-15-28)25-34(46)43(4)20-21-44-19-12-18-38(39,40)26-44/h1,6,8-9,14-15,27,29-33,35,45,47H,7,10-13,16-26H2,2-4H3,(H,41,48)(H,42,49)/t30-,31+,32+,33+,35?/m1/s1. The summed E-state index contributed by atoms with van der Waals surface area (Å²) in [5, 5.41) is 27.7. The van der Waals surface area contributed by atoms with Crippen LogP contribution in [0.1, 0.15) is 90.0 Å². The van der Waals surface area contributed by atoms with Gasteiger partial charge in [0.2, 0.25) is 17.7 Å². The van der Waals surface area contributed by atoms with Crippen molar-refractivity contribution in [1.29, 1.82) is 0 Å². The summed E-state index contributed by atoms with van der Waals surface area (Å²) < 4.78 is 27.8. The van der Waals surface area contributed by atoms with E-state index >= 15 is 0 Å². The first-order valence-electron chi connectivity index (χ1n) is 18.1. The summed E-state index contributed by atoms with van der Waals surface area (Å²) in [6.45, 7) is 4.66. The van der Waals surface area contributed by atoms with Crippen molar-refractivity contribution in [1.82, 2.24) is 20.4 Å². The molecule has 0 aromatic heterocycles. The Hall–Kier alpha value is -3.07. The van der Waals surface area contributed by atoms with Crippen LogP contribution in [0.2, 0.25) is 0 Å². The first-order chi connectivity index (χ1) is 23.3. The highest BCUT2D eigenvalue weighted by molar-refractivity contribution is 5.91. The number of carbonyl (C=O) groups excluding carboxylic acids is 3. The Morgan fingerprint density at radius 3 is 2.39 bits per heavy atom. The van der Waals surface area contributed by atoms with Gasteiger partial charge >= 0.3 is 0 Å². The quantitative estimate of drug-likeness (QED) is 0.172. The van der Waals surface area contributed by atoms with Gasteiger partial charge in [0.15, 0.2) is 0 Å². The molecule has 2 fully saturated rings. The van der Waals surface area contributed by atoms with Crippen LogP contribution in [-0.2, 0) is 20.8 Å². The van der Waals surface area contributed by atoms with E-state index in [9.17, 15) is 33.4 Å². The van der Waals surface area contributed by atoms with E-state index in [1.807, 2.05) is 44.2 Å². The van der Waals surface area contributed by atoms with E-state index in [4.69, 9.17) is 6.42 Å². The number of nitrogens with zero attached hydrogens (tertiary/aromatic N) is 2. The van der Waals surface area contributed by atoms with Crippen molar-refractivity contribution in [2.45, 2.75) is 121 Å². The molecule has 0 spiro atoms. The molecule has 49 heavy (non-hydrogen) atoms. The van der Waals surface area contributed by atoms with Crippen LogP contribution >= 0.6 is 0 Å². The molecule has 274 valence electrons. The molecule has 11 heteroatoms. The lowest BCUT2D eigenvalue weighted by molar-refractivity contribution is -0.137. The lowest BCUT2D eigenvalue weighted by atomic mass is 9.82. The van der Waals surface area contributed by atoms with Crippen molar-refractivity contribution < 1.29 is 33.4 Å². The highest BCUT2D eigenvalue weighted by Crippen LogP contribution is 2.29. The molecule has 1 aliphatic carbocycles. The van der Waals surface area contributed by atoms with Crippen molar-refractivity contribution in [3.05, 3.63) is 35.9 Å². The average molecular weight is 689 g/mol. The predicted octanol–water partition coefficient (Wildman–Crippen LogP) is 4.16. The number of benzene rings is 1. The van der Waals surface area contributed by atoms with Crippen LogP contribution in [0.15, 0.2) is 30.3 Å². The summed E-state index contributed by atoms with van der Waals surface area (Å²) in [4.78, 5) is 44.0. The fourth-order valence-corrected chi connectivity index (χ4v) is 7.03. The normalized spacial score (nSPS) is 20.0. The van der Waals surface area contributed by atoms with Gasteiger partial charge in [-0.3, -0.25) is 19.3 Å². The molecule has 5 atom stereocenters. The predicted molar refractivity (Wildman–Crippen MR) is 186 cm³/mol. The Morgan fingerprint density at radius 2 is 1.76 bits per heavy atom. The van der Waals surface area contributed by atoms with Gasteiger partial charge in [-0.1, -0.05) is 76.3 Å². The van der Waals surface area contributed by atoms with E-state index in [1.165, 1.54) is 4.90 Å². The molecule has 1 aromatic carbocycles. The van der Waals surface area contributed by atoms with Gasteiger partial charge in [0.1, 0.15) is 12.1 Å². The van der Waals surface area contributed by atoms with Gasteiger partial charge in [-0.25, -0.2) is 8.78 Å². The fourth-order valence-electron chi connectivity index (χ4n) is 7.03. The number of likely N-dealkylation sites (N-methyl/N-ethyl adjacent to an activating group) is 1. The molecule has 0 bridgehead atoms. The Kier molecular flexibility index (Phi) is 16.4. The van der Waals surface area contributed by atoms with Crippen molar-refractivity contribution >= 4 is 17.7 Å². The number of hydrogen-bond acceptors (Lipinski definition) is 6. The maximum Gasteiger partial charge on any atom is 0.260 e. The molecule has 3 amide bonds. The van der Waals surface area contributed by atoms with Gasteiger partial charge < -0.3 is 25.7 Å². The summed E-state index contributed by atoms with van der Waals surface area (Å²) in [7, 11) is 1.60. The van der Waals surface area contributed by atoms with E-state index < -0.39 is 47.9 Å². The molecule has 1 saturated carbocycles. The average Bonchev–Trinajstić information content (AvgIpc) is 3.06. The zero-order valence-corrected chi connectivity index (χ0v) is 29.6. The second kappa shape index (κ2) is 19.9. The minimum absolute atomic E-state index is 0.106. The first-order valence-corrected chi connectivity index (χ1v) is 18.1. The van der Waals surface area contributed by atoms with Crippen molar-refractivity contribution in [3.8, 4) is 12.3 Å². The third-order valence-corrected chi connectivity index (χ3v) is 9.88. The summed E-state index contributed by atoms with van der Waals surface area (Å²) in [5.74, 6) is -2.04. The molecule has 1 heterocycles. The zero-order chi connectivity index (χ0) is 36.0. The zero-order valence-electron chi connectivity index (χ0n) is 29.6. The SMILES string of the molecule is C#CC[C@H](NC(=O)[C@@H](CC(=O)N(C)CCN1CCCC(F)(F)C1)Cc1ccccc1)C(=O)N[C@@H](CC1CCCCC1)C(O)[C@@H](O)CC(C)C. The van der Waals surface area contributed by atoms with Crippen molar-refractivity contribution in [2.75, 3.05) is 33.2 Å².